The molecular weight excluding hydrogens is 688 g/mol. The van der Waals surface area contributed by atoms with Gasteiger partial charge in [-0.3, -0.25) is 14.4 Å². The van der Waals surface area contributed by atoms with Crippen LogP contribution in [0.1, 0.15) is 92.7 Å². The molecule has 0 spiro atoms. The van der Waals surface area contributed by atoms with Gasteiger partial charge in [-0.05, 0) is 71.6 Å². The van der Waals surface area contributed by atoms with Gasteiger partial charge < -0.3 is 37.6 Å². The Bertz CT molecular complexity index is 2250. The van der Waals surface area contributed by atoms with Gasteiger partial charge in [0, 0.05) is 16.9 Å². The van der Waals surface area contributed by atoms with Crippen molar-refractivity contribution in [1.82, 2.24) is 0 Å². The summed E-state index contributed by atoms with van der Waals surface area (Å²) in [4.78, 5) is 70.0. The minimum Gasteiger partial charge on any atom is -0.497 e. The molecule has 282 valence electrons. The normalized spacial score (nSPS) is 33.9. The molecule has 3 aromatic rings. The van der Waals surface area contributed by atoms with E-state index in [1.807, 2.05) is 13.8 Å². The summed E-state index contributed by atoms with van der Waals surface area (Å²) in [5.74, 6) is -1.95. The predicted octanol–water partition coefficient (Wildman–Crippen LogP) is 5.87. The number of esters is 4. The number of carbonyl (C=O) groups is 4. The largest absolute Gasteiger partial charge is 0.497 e. The summed E-state index contributed by atoms with van der Waals surface area (Å²) in [6.45, 7) is 14.1. The van der Waals surface area contributed by atoms with Gasteiger partial charge in [0.1, 0.15) is 33.8 Å². The molecule has 4 heterocycles. The second kappa shape index (κ2) is 10.4. The molecule has 13 heteroatoms. The van der Waals surface area contributed by atoms with Crippen molar-refractivity contribution in [3.8, 4) is 17.2 Å². The Morgan fingerprint density at radius 3 is 1.77 bits per heavy atom. The number of carbonyl (C=O) groups excluding carboxylic acids is 4. The quantitative estimate of drug-likeness (QED) is 0.168. The highest BCUT2D eigenvalue weighted by molar-refractivity contribution is 5.98. The van der Waals surface area contributed by atoms with Crippen molar-refractivity contribution < 1.29 is 56.8 Å². The maximum absolute atomic E-state index is 14.7. The van der Waals surface area contributed by atoms with E-state index in [-0.39, 0.29) is 51.8 Å². The summed E-state index contributed by atoms with van der Waals surface area (Å²) < 4.78 is 48.8. The van der Waals surface area contributed by atoms with Crippen molar-refractivity contribution in [3.63, 3.8) is 0 Å². The highest BCUT2D eigenvalue weighted by atomic mass is 16.7. The lowest BCUT2D eigenvalue weighted by molar-refractivity contribution is -0.217. The van der Waals surface area contributed by atoms with Gasteiger partial charge in [-0.25, -0.2) is 9.59 Å². The van der Waals surface area contributed by atoms with Crippen molar-refractivity contribution >= 4 is 45.8 Å². The molecule has 6 atom stereocenters. The molecule has 4 fully saturated rings. The Hall–Kier alpha value is -4.81. The molecule has 53 heavy (non-hydrogen) atoms. The molecule has 2 aromatic carbocycles. The van der Waals surface area contributed by atoms with E-state index in [1.54, 1.807) is 59.7 Å². The number of benzene rings is 2. The number of methoxy groups -OCH3 is 2. The van der Waals surface area contributed by atoms with Crippen LogP contribution < -0.4 is 19.6 Å². The van der Waals surface area contributed by atoms with Crippen LogP contribution in [0, 0.1) is 21.7 Å². The smallest absolute Gasteiger partial charge is 0.351 e. The first-order valence-corrected chi connectivity index (χ1v) is 17.9. The van der Waals surface area contributed by atoms with Crippen LogP contribution in [0.5, 0.6) is 17.2 Å². The molecule has 0 N–H and O–H groups in total. The predicted molar refractivity (Wildman–Crippen MR) is 186 cm³/mol. The summed E-state index contributed by atoms with van der Waals surface area (Å²) in [5.41, 5.74) is -8.62. The minimum atomic E-state index is -1.66. The number of hydrogen-bond acceptors (Lipinski definition) is 13. The zero-order chi connectivity index (χ0) is 38.5. The molecular formula is C40H44O13. The van der Waals surface area contributed by atoms with E-state index in [9.17, 15) is 24.0 Å². The first-order valence-electron chi connectivity index (χ1n) is 17.9. The topological polar surface area (TPSA) is 163 Å². The lowest BCUT2D eigenvalue weighted by Crippen LogP contribution is -2.57. The molecule has 0 radical (unpaired) electrons. The number of ether oxygens (including phenoxy) is 7. The molecule has 5 aliphatic rings. The third-order valence-electron chi connectivity index (χ3n) is 14.2. The zero-order valence-corrected chi connectivity index (χ0v) is 31.6. The van der Waals surface area contributed by atoms with Gasteiger partial charge in [-0.2, -0.15) is 0 Å². The number of hydrogen-bond donors (Lipinski definition) is 0. The van der Waals surface area contributed by atoms with Gasteiger partial charge in [-0.1, -0.05) is 27.7 Å². The van der Waals surface area contributed by atoms with Crippen LogP contribution in [0.2, 0.25) is 0 Å². The van der Waals surface area contributed by atoms with Gasteiger partial charge in [-0.15, -0.1) is 0 Å². The highest BCUT2D eigenvalue weighted by Crippen LogP contribution is 2.68. The van der Waals surface area contributed by atoms with Gasteiger partial charge in [0.2, 0.25) is 16.6 Å². The first kappa shape index (κ1) is 35.2. The van der Waals surface area contributed by atoms with Crippen molar-refractivity contribution in [3.05, 3.63) is 40.1 Å². The maximum Gasteiger partial charge on any atom is 0.351 e. The van der Waals surface area contributed by atoms with Crippen molar-refractivity contribution in [2.24, 2.45) is 21.7 Å². The maximum atomic E-state index is 14.7. The average molecular weight is 733 g/mol. The standard InChI is InChI=1S/C40H44O13/c1-34(2)29(50-33(45)40-16-14-38(8,31(43)53-40)36(40,5)6)28(49-32(44)39-15-13-37(7,30(42)52-39)35(39,3)4)25-23(51-34)18-22(47-10)24-26(41)20-17-19(46-9)11-12-21(20)48-27(24)25/h11-12,17-18,28-29H,13-16H2,1-10H3/t28-,29-,37+,38+,39?,40?/m1/s1. The molecule has 4 bridgehead atoms. The van der Waals surface area contributed by atoms with Crippen LogP contribution >= 0.6 is 0 Å². The molecule has 13 nitrogen and oxygen atoms in total. The lowest BCUT2D eigenvalue weighted by Gasteiger charge is -2.46. The van der Waals surface area contributed by atoms with Gasteiger partial charge in [0.25, 0.3) is 0 Å². The molecule has 2 saturated carbocycles. The Balaban J connectivity index is 1.33. The van der Waals surface area contributed by atoms with E-state index in [0.717, 1.165) is 0 Å². The van der Waals surface area contributed by atoms with Crippen LogP contribution in [0.4, 0.5) is 0 Å². The Morgan fingerprint density at radius 2 is 1.28 bits per heavy atom. The van der Waals surface area contributed by atoms with Crippen molar-refractivity contribution in [2.75, 3.05) is 14.2 Å². The second-order valence-electron chi connectivity index (χ2n) is 17.2. The van der Waals surface area contributed by atoms with Crippen LogP contribution in [0.25, 0.3) is 21.9 Å². The molecule has 0 amide bonds. The van der Waals surface area contributed by atoms with E-state index < -0.39 is 80.0 Å². The third-order valence-corrected chi connectivity index (χ3v) is 14.2. The van der Waals surface area contributed by atoms with E-state index in [0.29, 0.717) is 18.6 Å². The van der Waals surface area contributed by atoms with E-state index in [4.69, 9.17) is 37.6 Å². The lowest BCUT2D eigenvalue weighted by atomic mass is 9.66. The summed E-state index contributed by atoms with van der Waals surface area (Å²) >= 11 is 0. The third kappa shape index (κ3) is 4.00. The summed E-state index contributed by atoms with van der Waals surface area (Å²) in [7, 11) is 2.88. The Kier molecular flexibility index (Phi) is 6.94. The Labute approximate surface area is 305 Å². The average Bonchev–Trinajstić information content (AvgIpc) is 3.56. The zero-order valence-electron chi connectivity index (χ0n) is 31.6. The van der Waals surface area contributed by atoms with Crippen LogP contribution in [-0.4, -0.2) is 61.0 Å². The summed E-state index contributed by atoms with van der Waals surface area (Å²) in [5, 5.41) is 0.234. The SMILES string of the molecule is COc1ccc2oc3c4c(cc(OC)c3c(=O)c2c1)OC(C)(C)[C@H](OC(=O)C12CC[C@@](C)(C(=O)O1)C2(C)C)[C@@H]4OC(=O)C12CC[C@@](C)(C(=O)O1)C2(C)C. The fourth-order valence-electron chi connectivity index (χ4n) is 9.62. The number of rotatable bonds is 6. The Morgan fingerprint density at radius 1 is 0.717 bits per heavy atom. The second-order valence-corrected chi connectivity index (χ2v) is 17.2. The molecule has 2 saturated heterocycles. The molecule has 3 aliphatic heterocycles. The van der Waals surface area contributed by atoms with Gasteiger partial charge >= 0.3 is 23.9 Å². The molecule has 1 aromatic heterocycles. The van der Waals surface area contributed by atoms with Crippen molar-refractivity contribution in [1.29, 1.82) is 0 Å². The monoisotopic (exact) mass is 732 g/mol. The molecule has 2 aliphatic carbocycles. The van der Waals surface area contributed by atoms with Crippen molar-refractivity contribution in [2.45, 2.75) is 110 Å². The van der Waals surface area contributed by atoms with E-state index >= 15 is 0 Å². The first-order chi connectivity index (χ1) is 24.7. The van der Waals surface area contributed by atoms with E-state index in [1.165, 1.54) is 20.3 Å². The van der Waals surface area contributed by atoms with Crippen LogP contribution in [-0.2, 0) is 38.1 Å². The van der Waals surface area contributed by atoms with Gasteiger partial charge in [0.05, 0.1) is 36.0 Å². The van der Waals surface area contributed by atoms with E-state index in [2.05, 4.69) is 0 Å². The van der Waals surface area contributed by atoms with Crippen LogP contribution in [0.3, 0.4) is 0 Å². The number of fused-ring (bicyclic) bond motifs is 8. The van der Waals surface area contributed by atoms with Gasteiger partial charge in [0.15, 0.2) is 17.8 Å². The highest BCUT2D eigenvalue weighted by Gasteiger charge is 2.78. The molecule has 2 unspecified atom stereocenters. The summed E-state index contributed by atoms with van der Waals surface area (Å²) in [6.07, 6.45) is -1.61. The van der Waals surface area contributed by atoms with Crippen LogP contribution in [0.15, 0.2) is 33.5 Å². The molecule has 8 rings (SSSR count). The fourth-order valence-corrected chi connectivity index (χ4v) is 9.62. The fraction of sp³-hybridized carbons (Fsp3) is 0.575. The minimum absolute atomic E-state index is 0.0213. The summed E-state index contributed by atoms with van der Waals surface area (Å²) in [6, 6.07) is 6.28.